The number of piperidine rings is 1. The predicted octanol–water partition coefficient (Wildman–Crippen LogP) is 3.95. The summed E-state index contributed by atoms with van der Waals surface area (Å²) in [4.78, 5) is 13.7. The van der Waals surface area contributed by atoms with Crippen molar-refractivity contribution < 1.29 is 13.2 Å². The summed E-state index contributed by atoms with van der Waals surface area (Å²) in [5.41, 5.74) is 1.20. The number of anilines is 1. The second kappa shape index (κ2) is 8.10. The molecule has 1 unspecified atom stereocenters. The van der Waals surface area contributed by atoms with Crippen molar-refractivity contribution in [3.8, 4) is 10.6 Å². The number of benzene rings is 1. The van der Waals surface area contributed by atoms with Crippen LogP contribution < -0.4 is 5.32 Å². The van der Waals surface area contributed by atoms with E-state index in [1.54, 1.807) is 21.7 Å². The maximum atomic E-state index is 12.9. The largest absolute Gasteiger partial charge is 0.305 e. The topological polar surface area (TPSA) is 95.2 Å². The fourth-order valence-corrected chi connectivity index (χ4v) is 5.87. The summed E-state index contributed by atoms with van der Waals surface area (Å²) in [6.07, 6.45) is 2.80. The summed E-state index contributed by atoms with van der Waals surface area (Å²) in [7, 11) is -3.55. The van der Waals surface area contributed by atoms with Gasteiger partial charge in [0, 0.05) is 24.2 Å². The van der Waals surface area contributed by atoms with Crippen LogP contribution in [0.2, 0.25) is 0 Å². The Hall–Kier alpha value is -2.49. The number of amides is 1. The number of rotatable bonds is 5. The third-order valence-electron chi connectivity index (χ3n) is 5.07. The van der Waals surface area contributed by atoms with Crippen LogP contribution >= 0.6 is 11.3 Å². The van der Waals surface area contributed by atoms with Crippen LogP contribution in [0.5, 0.6) is 0 Å². The Bertz CT molecular complexity index is 1090. The first-order valence-corrected chi connectivity index (χ1v) is 11.8. The van der Waals surface area contributed by atoms with Crippen molar-refractivity contribution in [3.05, 3.63) is 53.4 Å². The molecule has 1 fully saturated rings. The third-order valence-corrected chi connectivity index (χ3v) is 8.00. The van der Waals surface area contributed by atoms with E-state index in [1.807, 2.05) is 24.4 Å². The smallest absolute Gasteiger partial charge is 0.256 e. The van der Waals surface area contributed by atoms with Gasteiger partial charge in [-0.05, 0) is 55.5 Å². The number of nitrogens with zero attached hydrogens (tertiary/aromatic N) is 2. The molecule has 0 bridgehead atoms. The van der Waals surface area contributed by atoms with Crippen LogP contribution in [0.15, 0.2) is 52.7 Å². The molecule has 0 radical (unpaired) electrons. The van der Waals surface area contributed by atoms with E-state index in [2.05, 4.69) is 15.5 Å². The molecule has 1 aliphatic rings. The molecular weight excluding hydrogens is 408 g/mol. The van der Waals surface area contributed by atoms with Crippen LogP contribution in [0.25, 0.3) is 10.6 Å². The maximum absolute atomic E-state index is 12.9. The molecule has 1 aromatic carbocycles. The van der Waals surface area contributed by atoms with E-state index in [-0.39, 0.29) is 16.8 Å². The van der Waals surface area contributed by atoms with Crippen LogP contribution in [0.4, 0.5) is 5.82 Å². The van der Waals surface area contributed by atoms with Gasteiger partial charge in [-0.25, -0.2) is 8.42 Å². The van der Waals surface area contributed by atoms with Gasteiger partial charge in [0.25, 0.3) is 5.91 Å². The van der Waals surface area contributed by atoms with Crippen LogP contribution in [0.1, 0.15) is 36.5 Å². The van der Waals surface area contributed by atoms with Crippen molar-refractivity contribution in [2.24, 2.45) is 0 Å². The molecule has 152 valence electrons. The second-order valence-corrected chi connectivity index (χ2v) is 9.92. The summed E-state index contributed by atoms with van der Waals surface area (Å²) < 4.78 is 27.4. The lowest BCUT2D eigenvalue weighted by Crippen LogP contribution is -2.41. The Balaban J connectivity index is 1.47. The molecule has 1 atom stereocenters. The minimum absolute atomic E-state index is 0.00562. The summed E-state index contributed by atoms with van der Waals surface area (Å²) in [5, 5.41) is 11.7. The van der Waals surface area contributed by atoms with Crippen LogP contribution in [-0.2, 0) is 10.0 Å². The van der Waals surface area contributed by atoms with E-state index in [4.69, 9.17) is 0 Å². The van der Waals surface area contributed by atoms with E-state index in [1.165, 1.54) is 24.3 Å². The highest BCUT2D eigenvalue weighted by atomic mass is 32.2. The van der Waals surface area contributed by atoms with Crippen LogP contribution in [0.3, 0.4) is 0 Å². The number of hydrogen-bond acceptors (Lipinski definition) is 5. The molecule has 1 amide bonds. The van der Waals surface area contributed by atoms with E-state index in [0.29, 0.717) is 17.9 Å². The van der Waals surface area contributed by atoms with Gasteiger partial charge in [0.15, 0.2) is 5.82 Å². The molecule has 1 saturated heterocycles. The quantitative estimate of drug-likeness (QED) is 0.641. The summed E-state index contributed by atoms with van der Waals surface area (Å²) in [6, 6.07) is 11.7. The van der Waals surface area contributed by atoms with E-state index < -0.39 is 10.0 Å². The van der Waals surface area contributed by atoms with Crippen molar-refractivity contribution >= 4 is 33.1 Å². The number of nitrogens with one attached hydrogen (secondary N) is 2. The first-order chi connectivity index (χ1) is 13.9. The zero-order valence-electron chi connectivity index (χ0n) is 16.0. The number of carbonyl (C=O) groups excluding carboxylic acids is 1. The molecule has 3 heterocycles. The number of H-pyrrole nitrogens is 1. The number of sulfonamides is 1. The highest BCUT2D eigenvalue weighted by molar-refractivity contribution is 7.89. The Morgan fingerprint density at radius 1 is 1.24 bits per heavy atom. The summed E-state index contributed by atoms with van der Waals surface area (Å²) in [5.74, 6) is 0.0711. The van der Waals surface area contributed by atoms with Crippen molar-refractivity contribution in [1.82, 2.24) is 14.5 Å². The second-order valence-electron chi connectivity index (χ2n) is 7.08. The maximum Gasteiger partial charge on any atom is 0.256 e. The van der Waals surface area contributed by atoms with E-state index >= 15 is 0 Å². The SMILES string of the molecule is CC1CCCCN1S(=O)(=O)c1ccc(C(=O)Nc2cc(-c3cccs3)[nH]n2)cc1. The van der Waals surface area contributed by atoms with E-state index in [9.17, 15) is 13.2 Å². The minimum Gasteiger partial charge on any atom is -0.305 e. The summed E-state index contributed by atoms with van der Waals surface area (Å²) >= 11 is 1.58. The van der Waals surface area contributed by atoms with Gasteiger partial charge in [-0.3, -0.25) is 9.89 Å². The highest BCUT2D eigenvalue weighted by Crippen LogP contribution is 2.26. The lowest BCUT2D eigenvalue weighted by Gasteiger charge is -2.32. The van der Waals surface area contributed by atoms with Crippen LogP contribution in [0, 0.1) is 0 Å². The monoisotopic (exact) mass is 430 g/mol. The Labute approximate surface area is 173 Å². The average Bonchev–Trinajstić information content (AvgIpc) is 3.40. The number of hydrogen-bond donors (Lipinski definition) is 2. The first-order valence-electron chi connectivity index (χ1n) is 9.48. The zero-order valence-corrected chi connectivity index (χ0v) is 17.6. The van der Waals surface area contributed by atoms with Crippen molar-refractivity contribution in [2.75, 3.05) is 11.9 Å². The average molecular weight is 431 g/mol. The standard InChI is InChI=1S/C20H22N4O3S2/c1-14-5-2-3-11-24(14)29(26,27)16-9-7-15(8-10-16)20(25)21-19-13-17(22-23-19)18-6-4-12-28-18/h4,6-10,12-14H,2-3,5,11H2,1H3,(H2,21,22,23,25). The molecule has 3 aromatic rings. The summed E-state index contributed by atoms with van der Waals surface area (Å²) in [6.45, 7) is 2.48. The van der Waals surface area contributed by atoms with Gasteiger partial charge in [0.2, 0.25) is 10.0 Å². The third kappa shape index (κ3) is 4.12. The Kier molecular flexibility index (Phi) is 5.53. The molecule has 2 aromatic heterocycles. The number of carbonyl (C=O) groups is 1. The Morgan fingerprint density at radius 2 is 2.03 bits per heavy atom. The first kappa shape index (κ1) is 19.8. The molecule has 2 N–H and O–H groups in total. The molecule has 29 heavy (non-hydrogen) atoms. The fraction of sp³-hybridized carbons (Fsp3) is 0.300. The molecule has 4 rings (SSSR count). The van der Waals surface area contributed by atoms with Gasteiger partial charge >= 0.3 is 0 Å². The van der Waals surface area contributed by atoms with Gasteiger partial charge in [0.1, 0.15) is 0 Å². The predicted molar refractivity (Wildman–Crippen MR) is 114 cm³/mol. The van der Waals surface area contributed by atoms with Gasteiger partial charge in [-0.2, -0.15) is 9.40 Å². The fourth-order valence-electron chi connectivity index (χ4n) is 3.47. The van der Waals surface area contributed by atoms with Crippen molar-refractivity contribution in [1.29, 1.82) is 0 Å². The number of aromatic nitrogens is 2. The molecule has 9 heteroatoms. The number of thiophene rings is 1. The molecular formula is C20H22N4O3S2. The number of aromatic amines is 1. The minimum atomic E-state index is -3.55. The molecule has 0 saturated carbocycles. The van der Waals surface area contributed by atoms with Gasteiger partial charge < -0.3 is 5.32 Å². The molecule has 7 nitrogen and oxygen atoms in total. The van der Waals surface area contributed by atoms with E-state index in [0.717, 1.165) is 29.8 Å². The van der Waals surface area contributed by atoms with Crippen LogP contribution in [-0.4, -0.2) is 41.4 Å². The highest BCUT2D eigenvalue weighted by Gasteiger charge is 2.30. The zero-order chi connectivity index (χ0) is 20.4. The molecule has 0 spiro atoms. The Morgan fingerprint density at radius 3 is 2.72 bits per heavy atom. The molecule has 0 aliphatic carbocycles. The lowest BCUT2D eigenvalue weighted by atomic mass is 10.1. The van der Waals surface area contributed by atoms with Crippen molar-refractivity contribution in [2.45, 2.75) is 37.1 Å². The van der Waals surface area contributed by atoms with Crippen molar-refractivity contribution in [3.63, 3.8) is 0 Å². The van der Waals surface area contributed by atoms with Gasteiger partial charge in [-0.15, -0.1) is 11.3 Å². The molecule has 1 aliphatic heterocycles. The normalized spacial score (nSPS) is 17.9. The lowest BCUT2D eigenvalue weighted by molar-refractivity contribution is 0.102. The van der Waals surface area contributed by atoms with Gasteiger partial charge in [0.05, 0.1) is 15.5 Å². The van der Waals surface area contributed by atoms with Gasteiger partial charge in [-0.1, -0.05) is 12.5 Å².